The number of aromatic amines is 1. The number of fused-ring (bicyclic) bond motifs is 1. The largest absolute Gasteiger partial charge is 0.351 e. The minimum absolute atomic E-state index is 0.0782. The maximum Gasteiger partial charge on any atom is 0.252 e. The number of sulfonamides is 1. The summed E-state index contributed by atoms with van der Waals surface area (Å²) in [5.41, 5.74) is 1.29. The first-order valence-corrected chi connectivity index (χ1v) is 12.3. The lowest BCUT2D eigenvalue weighted by molar-refractivity contribution is 0.0951. The third-order valence-electron chi connectivity index (χ3n) is 6.23. The van der Waals surface area contributed by atoms with Gasteiger partial charge in [0.15, 0.2) is 0 Å². The molecule has 1 aromatic heterocycles. The number of amides is 1. The van der Waals surface area contributed by atoms with E-state index in [2.05, 4.69) is 22.4 Å². The van der Waals surface area contributed by atoms with E-state index in [1.165, 1.54) is 34.1 Å². The zero-order valence-corrected chi connectivity index (χ0v) is 19.0. The molecule has 0 spiro atoms. The van der Waals surface area contributed by atoms with Gasteiger partial charge in [-0.05, 0) is 36.6 Å². The van der Waals surface area contributed by atoms with Crippen molar-refractivity contribution in [3.05, 3.63) is 76.1 Å². The molecule has 2 N–H and O–H groups in total. The van der Waals surface area contributed by atoms with Crippen LogP contribution in [0.15, 0.2) is 64.3 Å². The molecule has 1 aliphatic rings. The molecule has 7 nitrogen and oxygen atoms in total. The molecule has 1 fully saturated rings. The number of hydrogen-bond donors (Lipinski definition) is 2. The molecule has 0 radical (unpaired) electrons. The molecular weight excluding hydrogens is 426 g/mol. The van der Waals surface area contributed by atoms with Gasteiger partial charge in [0.05, 0.1) is 10.5 Å². The Morgan fingerprint density at radius 1 is 1.06 bits per heavy atom. The summed E-state index contributed by atoms with van der Waals surface area (Å²) in [6.07, 6.45) is 1.97. The Morgan fingerprint density at radius 2 is 1.75 bits per heavy atom. The fourth-order valence-corrected chi connectivity index (χ4v) is 5.63. The third-order valence-corrected chi connectivity index (χ3v) is 8.28. The van der Waals surface area contributed by atoms with E-state index in [1.807, 2.05) is 18.2 Å². The predicted molar refractivity (Wildman–Crippen MR) is 124 cm³/mol. The lowest BCUT2D eigenvalue weighted by Crippen LogP contribution is -2.33. The van der Waals surface area contributed by atoms with Gasteiger partial charge >= 0.3 is 0 Å². The molecule has 1 amide bonds. The molecule has 0 bridgehead atoms. The lowest BCUT2D eigenvalue weighted by Gasteiger charge is -2.19. The highest BCUT2D eigenvalue weighted by atomic mass is 32.2. The van der Waals surface area contributed by atoms with Gasteiger partial charge < -0.3 is 10.3 Å². The summed E-state index contributed by atoms with van der Waals surface area (Å²) in [6.45, 7) is 4.70. The Morgan fingerprint density at radius 3 is 2.38 bits per heavy atom. The predicted octanol–water partition coefficient (Wildman–Crippen LogP) is 3.02. The molecule has 1 aliphatic carbocycles. The smallest absolute Gasteiger partial charge is 0.252 e. The summed E-state index contributed by atoms with van der Waals surface area (Å²) in [5, 5.41) is 3.37. The Labute approximate surface area is 187 Å². The van der Waals surface area contributed by atoms with E-state index in [0.717, 1.165) is 12.8 Å². The number of H-pyrrole nitrogens is 1. The van der Waals surface area contributed by atoms with Gasteiger partial charge in [-0.25, -0.2) is 8.42 Å². The van der Waals surface area contributed by atoms with Crippen LogP contribution in [0.2, 0.25) is 0 Å². The van der Waals surface area contributed by atoms with E-state index in [4.69, 9.17) is 0 Å². The Hall–Kier alpha value is -2.97. The van der Waals surface area contributed by atoms with Gasteiger partial charge in [-0.3, -0.25) is 9.59 Å². The maximum atomic E-state index is 13.1. The topological polar surface area (TPSA) is 99.3 Å². The quantitative estimate of drug-likeness (QED) is 0.548. The van der Waals surface area contributed by atoms with Crippen molar-refractivity contribution in [1.29, 1.82) is 0 Å². The van der Waals surface area contributed by atoms with Crippen LogP contribution in [0.3, 0.4) is 0 Å². The van der Waals surface area contributed by atoms with E-state index in [9.17, 15) is 18.0 Å². The SMILES string of the molecule is CCN(CC)S(=O)(=O)c1ccc2[nH]c(=O)cc(C(=O)NCC3(c4ccccc4)CC3)c2c1. The molecular formula is C24H27N3O4S. The van der Waals surface area contributed by atoms with E-state index in [1.54, 1.807) is 13.8 Å². The second-order valence-electron chi connectivity index (χ2n) is 8.17. The number of aromatic nitrogens is 1. The second kappa shape index (κ2) is 8.52. The molecule has 2 aromatic carbocycles. The van der Waals surface area contributed by atoms with Crippen molar-refractivity contribution in [2.24, 2.45) is 0 Å². The molecule has 168 valence electrons. The van der Waals surface area contributed by atoms with Crippen LogP contribution < -0.4 is 10.9 Å². The standard InChI is InChI=1S/C24H27N3O4S/c1-3-27(4-2)32(30,31)18-10-11-21-19(14-18)20(15-22(28)26-21)23(29)25-16-24(12-13-24)17-8-6-5-7-9-17/h5-11,14-15H,3-4,12-13,16H2,1-2H3,(H,25,29)(H,26,28). The average molecular weight is 454 g/mol. The first-order chi connectivity index (χ1) is 15.3. The van der Waals surface area contributed by atoms with Gasteiger partial charge in [0.2, 0.25) is 15.6 Å². The molecule has 0 unspecified atom stereocenters. The number of pyridine rings is 1. The Bertz CT molecular complexity index is 1310. The molecule has 0 saturated heterocycles. The average Bonchev–Trinajstić information content (AvgIpc) is 3.59. The van der Waals surface area contributed by atoms with Gasteiger partial charge in [0.25, 0.3) is 5.91 Å². The molecule has 1 heterocycles. The first-order valence-electron chi connectivity index (χ1n) is 10.8. The fourth-order valence-electron chi connectivity index (χ4n) is 4.15. The highest BCUT2D eigenvalue weighted by Gasteiger charge is 2.44. The highest BCUT2D eigenvalue weighted by Crippen LogP contribution is 2.47. The number of benzene rings is 2. The lowest BCUT2D eigenvalue weighted by atomic mass is 9.96. The number of carbonyl (C=O) groups excluding carboxylic acids is 1. The minimum Gasteiger partial charge on any atom is -0.351 e. The van der Waals surface area contributed by atoms with Crippen molar-refractivity contribution in [3.8, 4) is 0 Å². The molecule has 0 aliphatic heterocycles. The normalized spacial score (nSPS) is 15.1. The zero-order chi connectivity index (χ0) is 22.9. The van der Waals surface area contributed by atoms with Crippen molar-refractivity contribution in [1.82, 2.24) is 14.6 Å². The minimum atomic E-state index is -3.70. The first kappa shape index (κ1) is 22.2. The van der Waals surface area contributed by atoms with Crippen molar-refractivity contribution < 1.29 is 13.2 Å². The number of nitrogens with one attached hydrogen (secondary N) is 2. The number of carbonyl (C=O) groups is 1. The monoisotopic (exact) mass is 453 g/mol. The Balaban J connectivity index is 1.67. The summed E-state index contributed by atoms with van der Waals surface area (Å²) in [4.78, 5) is 28.0. The molecule has 8 heteroatoms. The number of hydrogen-bond acceptors (Lipinski definition) is 4. The van der Waals surface area contributed by atoms with Crippen LogP contribution in [0.4, 0.5) is 0 Å². The van der Waals surface area contributed by atoms with Crippen molar-refractivity contribution in [3.63, 3.8) is 0 Å². The molecule has 1 saturated carbocycles. The number of nitrogens with zero attached hydrogens (tertiary/aromatic N) is 1. The van der Waals surface area contributed by atoms with E-state index in [-0.39, 0.29) is 21.8 Å². The summed E-state index contributed by atoms with van der Waals surface area (Å²) in [5.74, 6) is -0.388. The summed E-state index contributed by atoms with van der Waals surface area (Å²) < 4.78 is 27.3. The van der Waals surface area contributed by atoms with Crippen molar-refractivity contribution >= 4 is 26.8 Å². The second-order valence-corrected chi connectivity index (χ2v) is 10.1. The van der Waals surface area contributed by atoms with Gasteiger partial charge in [-0.1, -0.05) is 44.2 Å². The van der Waals surface area contributed by atoms with Crippen LogP contribution in [0, 0.1) is 0 Å². The van der Waals surface area contributed by atoms with Crippen LogP contribution in [0.5, 0.6) is 0 Å². The molecule has 3 aromatic rings. The highest BCUT2D eigenvalue weighted by molar-refractivity contribution is 7.89. The van der Waals surface area contributed by atoms with Gasteiger partial charge in [0, 0.05) is 42.0 Å². The van der Waals surface area contributed by atoms with Crippen LogP contribution in [-0.4, -0.2) is 43.2 Å². The van der Waals surface area contributed by atoms with Gasteiger partial charge in [-0.2, -0.15) is 4.31 Å². The van der Waals surface area contributed by atoms with Gasteiger partial charge in [0.1, 0.15) is 0 Å². The fraction of sp³-hybridized carbons (Fsp3) is 0.333. The van der Waals surface area contributed by atoms with Crippen LogP contribution in [-0.2, 0) is 15.4 Å². The van der Waals surface area contributed by atoms with Gasteiger partial charge in [-0.15, -0.1) is 0 Å². The van der Waals surface area contributed by atoms with E-state index in [0.29, 0.717) is 30.5 Å². The molecule has 4 rings (SSSR count). The molecule has 0 atom stereocenters. The number of rotatable bonds is 8. The summed E-state index contributed by atoms with van der Waals surface area (Å²) >= 11 is 0. The summed E-state index contributed by atoms with van der Waals surface area (Å²) in [7, 11) is -3.70. The van der Waals surface area contributed by atoms with E-state index >= 15 is 0 Å². The zero-order valence-electron chi connectivity index (χ0n) is 18.2. The summed E-state index contributed by atoms with van der Waals surface area (Å²) in [6, 6.07) is 15.8. The Kier molecular flexibility index (Phi) is 5.92. The maximum absolute atomic E-state index is 13.1. The van der Waals surface area contributed by atoms with E-state index < -0.39 is 15.6 Å². The van der Waals surface area contributed by atoms with Crippen LogP contribution >= 0.6 is 0 Å². The molecule has 32 heavy (non-hydrogen) atoms. The van der Waals surface area contributed by atoms with Crippen molar-refractivity contribution in [2.75, 3.05) is 19.6 Å². The van der Waals surface area contributed by atoms with Crippen LogP contribution in [0.1, 0.15) is 42.6 Å². The van der Waals surface area contributed by atoms with Crippen LogP contribution in [0.25, 0.3) is 10.9 Å². The third kappa shape index (κ3) is 4.08. The van der Waals surface area contributed by atoms with Crippen molar-refractivity contribution in [2.45, 2.75) is 37.0 Å².